The lowest BCUT2D eigenvalue weighted by atomic mass is 10.1. The van der Waals surface area contributed by atoms with Crippen molar-refractivity contribution in [2.24, 2.45) is 0 Å². The van der Waals surface area contributed by atoms with Gasteiger partial charge in [-0.25, -0.2) is 9.67 Å². The number of carbonyl (C=O) groups excluding carboxylic acids is 1. The summed E-state index contributed by atoms with van der Waals surface area (Å²) in [5.74, 6) is 0. The molecule has 0 unspecified atom stereocenters. The largest absolute Gasteiger partial charge is 0.298 e. The van der Waals surface area contributed by atoms with E-state index in [9.17, 15) is 4.79 Å². The summed E-state index contributed by atoms with van der Waals surface area (Å²) >= 11 is 5.97. The van der Waals surface area contributed by atoms with Crippen LogP contribution in [0.25, 0.3) is 28.0 Å². The number of aldehydes is 1. The standard InChI is InChI=1S/C20H14ClN3O/c1-13-18-11-15(12-25)19(14-7-9-16(21)10-8-14)22-20(18)24(23-13)17-5-3-2-4-6-17/h2-12H,1H3. The van der Waals surface area contributed by atoms with Crippen molar-refractivity contribution in [1.82, 2.24) is 14.8 Å². The van der Waals surface area contributed by atoms with E-state index in [2.05, 4.69) is 5.10 Å². The van der Waals surface area contributed by atoms with Gasteiger partial charge in [-0.05, 0) is 37.3 Å². The van der Waals surface area contributed by atoms with E-state index in [1.54, 1.807) is 16.8 Å². The number of nitrogens with zero attached hydrogens (tertiary/aromatic N) is 3. The van der Waals surface area contributed by atoms with E-state index in [1.807, 2.05) is 55.5 Å². The molecule has 0 fully saturated rings. The number of hydrogen-bond donors (Lipinski definition) is 0. The number of rotatable bonds is 3. The summed E-state index contributed by atoms with van der Waals surface area (Å²) < 4.78 is 1.80. The van der Waals surface area contributed by atoms with Crippen molar-refractivity contribution in [3.63, 3.8) is 0 Å². The quantitative estimate of drug-likeness (QED) is 0.497. The number of pyridine rings is 1. The summed E-state index contributed by atoms with van der Waals surface area (Å²) in [4.78, 5) is 16.4. The van der Waals surface area contributed by atoms with Crippen LogP contribution in [0.5, 0.6) is 0 Å². The molecule has 0 atom stereocenters. The highest BCUT2D eigenvalue weighted by Gasteiger charge is 2.15. The predicted octanol–water partition coefficient (Wildman–Crippen LogP) is 4.86. The molecule has 0 aliphatic carbocycles. The van der Waals surface area contributed by atoms with Gasteiger partial charge in [0.05, 0.1) is 17.1 Å². The maximum Gasteiger partial charge on any atom is 0.163 e. The fourth-order valence-corrected chi connectivity index (χ4v) is 3.00. The lowest BCUT2D eigenvalue weighted by Crippen LogP contribution is -1.99. The smallest absolute Gasteiger partial charge is 0.163 e. The number of aromatic nitrogens is 3. The van der Waals surface area contributed by atoms with Crippen molar-refractivity contribution in [2.75, 3.05) is 0 Å². The van der Waals surface area contributed by atoms with Crippen LogP contribution in [0.15, 0.2) is 60.7 Å². The van der Waals surface area contributed by atoms with Crippen molar-refractivity contribution in [2.45, 2.75) is 6.92 Å². The zero-order valence-corrected chi connectivity index (χ0v) is 14.2. The van der Waals surface area contributed by atoms with E-state index in [4.69, 9.17) is 16.6 Å². The number of hydrogen-bond acceptors (Lipinski definition) is 3. The highest BCUT2D eigenvalue weighted by molar-refractivity contribution is 6.30. The number of para-hydroxylation sites is 1. The van der Waals surface area contributed by atoms with Crippen LogP contribution in [-0.2, 0) is 0 Å². The van der Waals surface area contributed by atoms with Crippen LogP contribution in [0.2, 0.25) is 5.02 Å². The normalized spacial score (nSPS) is 11.0. The summed E-state index contributed by atoms with van der Waals surface area (Å²) in [6.45, 7) is 1.92. The molecule has 0 amide bonds. The second-order valence-electron chi connectivity index (χ2n) is 5.75. The third kappa shape index (κ3) is 2.71. The van der Waals surface area contributed by atoms with E-state index >= 15 is 0 Å². The molecule has 25 heavy (non-hydrogen) atoms. The van der Waals surface area contributed by atoms with E-state index in [0.29, 0.717) is 16.3 Å². The van der Waals surface area contributed by atoms with Gasteiger partial charge in [0.25, 0.3) is 0 Å². The van der Waals surface area contributed by atoms with E-state index in [0.717, 1.165) is 34.3 Å². The van der Waals surface area contributed by atoms with Crippen LogP contribution in [0.1, 0.15) is 16.1 Å². The van der Waals surface area contributed by atoms with E-state index < -0.39 is 0 Å². The Bertz CT molecular complexity index is 1070. The SMILES string of the molecule is Cc1nn(-c2ccccc2)c2nc(-c3ccc(Cl)cc3)c(C=O)cc12. The van der Waals surface area contributed by atoms with Gasteiger partial charge in [-0.3, -0.25) is 4.79 Å². The Kier molecular flexibility index (Phi) is 3.82. The molecule has 4 nitrogen and oxygen atoms in total. The lowest BCUT2D eigenvalue weighted by Gasteiger charge is -2.07. The third-order valence-electron chi connectivity index (χ3n) is 4.12. The highest BCUT2D eigenvalue weighted by atomic mass is 35.5. The van der Waals surface area contributed by atoms with Gasteiger partial charge in [-0.1, -0.05) is 41.9 Å². The fourth-order valence-electron chi connectivity index (χ4n) is 2.88. The first-order valence-electron chi connectivity index (χ1n) is 7.84. The number of benzene rings is 2. The van der Waals surface area contributed by atoms with Crippen LogP contribution < -0.4 is 0 Å². The molecule has 2 aromatic carbocycles. The molecule has 0 saturated heterocycles. The van der Waals surface area contributed by atoms with Crippen molar-refractivity contribution >= 4 is 28.9 Å². The minimum Gasteiger partial charge on any atom is -0.298 e. The summed E-state index contributed by atoms with van der Waals surface area (Å²) in [6, 6.07) is 19.0. The molecule has 122 valence electrons. The molecule has 0 radical (unpaired) electrons. The van der Waals surface area contributed by atoms with Gasteiger partial charge >= 0.3 is 0 Å². The molecule has 0 aliphatic rings. The molecular formula is C20H14ClN3O. The Morgan fingerprint density at radius 2 is 1.76 bits per heavy atom. The van der Waals surface area contributed by atoms with Gasteiger partial charge in [0, 0.05) is 21.5 Å². The number of halogens is 1. The Hall–Kier alpha value is -2.98. The third-order valence-corrected chi connectivity index (χ3v) is 4.37. The van der Waals surface area contributed by atoms with E-state index in [1.165, 1.54) is 0 Å². The molecule has 0 bridgehead atoms. The summed E-state index contributed by atoms with van der Waals surface area (Å²) in [7, 11) is 0. The Labute approximate surface area is 149 Å². The van der Waals surface area contributed by atoms with Crippen molar-refractivity contribution in [1.29, 1.82) is 0 Å². The first-order valence-corrected chi connectivity index (χ1v) is 8.22. The fraction of sp³-hybridized carbons (Fsp3) is 0.0500. The van der Waals surface area contributed by atoms with Gasteiger partial charge < -0.3 is 0 Å². The molecule has 0 aliphatic heterocycles. The van der Waals surface area contributed by atoms with Crippen molar-refractivity contribution in [3.05, 3.63) is 76.9 Å². The van der Waals surface area contributed by atoms with Crippen LogP contribution in [-0.4, -0.2) is 21.1 Å². The minimum absolute atomic E-state index is 0.533. The molecule has 0 N–H and O–H groups in total. The number of fused-ring (bicyclic) bond motifs is 1. The molecule has 2 aromatic heterocycles. The second kappa shape index (κ2) is 6.15. The second-order valence-corrected chi connectivity index (χ2v) is 6.19. The average molecular weight is 348 g/mol. The first kappa shape index (κ1) is 15.5. The van der Waals surface area contributed by atoms with Gasteiger partial charge in [-0.2, -0.15) is 5.10 Å². The zero-order chi connectivity index (χ0) is 17.4. The summed E-state index contributed by atoms with van der Waals surface area (Å²) in [6.07, 6.45) is 0.829. The molecule has 2 heterocycles. The summed E-state index contributed by atoms with van der Waals surface area (Å²) in [5, 5.41) is 6.11. The van der Waals surface area contributed by atoms with Crippen LogP contribution in [0.3, 0.4) is 0 Å². The Morgan fingerprint density at radius 3 is 2.44 bits per heavy atom. The molecule has 0 spiro atoms. The van der Waals surface area contributed by atoms with Gasteiger partial charge in [0.15, 0.2) is 11.9 Å². The monoisotopic (exact) mass is 347 g/mol. The van der Waals surface area contributed by atoms with Crippen LogP contribution >= 0.6 is 11.6 Å². The van der Waals surface area contributed by atoms with Gasteiger partial charge in [0.2, 0.25) is 0 Å². The van der Waals surface area contributed by atoms with Crippen LogP contribution in [0, 0.1) is 6.92 Å². The lowest BCUT2D eigenvalue weighted by molar-refractivity contribution is 0.112. The Morgan fingerprint density at radius 1 is 1.04 bits per heavy atom. The van der Waals surface area contributed by atoms with Crippen LogP contribution in [0.4, 0.5) is 0 Å². The molecule has 0 saturated carbocycles. The topological polar surface area (TPSA) is 47.8 Å². The van der Waals surface area contributed by atoms with Gasteiger partial charge in [0.1, 0.15) is 0 Å². The van der Waals surface area contributed by atoms with E-state index in [-0.39, 0.29) is 0 Å². The van der Waals surface area contributed by atoms with Crippen molar-refractivity contribution < 1.29 is 4.79 Å². The molecule has 4 aromatic rings. The van der Waals surface area contributed by atoms with Crippen molar-refractivity contribution in [3.8, 4) is 16.9 Å². The summed E-state index contributed by atoms with van der Waals surface area (Å²) in [5.41, 5.74) is 4.47. The number of carbonyl (C=O) groups is 1. The molecular weight excluding hydrogens is 334 g/mol. The average Bonchev–Trinajstić information content (AvgIpc) is 2.98. The Balaban J connectivity index is 2.01. The minimum atomic E-state index is 0.533. The molecule has 4 rings (SSSR count). The maximum absolute atomic E-state index is 11.6. The predicted molar refractivity (Wildman–Crippen MR) is 99.4 cm³/mol. The highest BCUT2D eigenvalue weighted by Crippen LogP contribution is 2.28. The number of aryl methyl sites for hydroxylation is 1. The first-order chi connectivity index (χ1) is 12.2. The maximum atomic E-state index is 11.6. The van der Waals surface area contributed by atoms with Gasteiger partial charge in [-0.15, -0.1) is 0 Å². The molecule has 5 heteroatoms. The zero-order valence-electron chi connectivity index (χ0n) is 13.5.